The van der Waals surface area contributed by atoms with Gasteiger partial charge in [-0.15, -0.1) is 0 Å². The van der Waals surface area contributed by atoms with Gasteiger partial charge in [-0.05, 0) is 18.9 Å². The molecule has 0 fully saturated rings. The van der Waals surface area contributed by atoms with Gasteiger partial charge in [0.2, 0.25) is 0 Å². The van der Waals surface area contributed by atoms with E-state index in [1.165, 1.54) is 6.42 Å². The number of nitrogens with zero attached hydrogens (tertiary/aromatic N) is 1. The Bertz CT molecular complexity index is 315. The molecule has 0 saturated heterocycles. The van der Waals surface area contributed by atoms with E-state index in [4.69, 9.17) is 0 Å². The minimum Gasteiger partial charge on any atom is -0.315 e. The first-order valence-corrected chi connectivity index (χ1v) is 5.89. The highest BCUT2D eigenvalue weighted by atomic mass is 16.1. The molecule has 0 unspecified atom stereocenters. The predicted molar refractivity (Wildman–Crippen MR) is 66.3 cm³/mol. The number of hydrogen-bond acceptors (Lipinski definition) is 1. The summed E-state index contributed by atoms with van der Waals surface area (Å²) < 4.78 is 1.78. The molecule has 0 radical (unpaired) electrons. The molecule has 0 aliphatic carbocycles. The van der Waals surface area contributed by atoms with Crippen LogP contribution in [0, 0.1) is 0 Å². The number of hydrogen-bond donors (Lipinski definition) is 0. The van der Waals surface area contributed by atoms with E-state index in [1.807, 2.05) is 25.3 Å². The zero-order valence-electron chi connectivity index (χ0n) is 10.4. The average molecular weight is 209 g/mol. The molecule has 2 nitrogen and oxygen atoms in total. The third-order valence-electron chi connectivity index (χ3n) is 1.94. The third-order valence-corrected chi connectivity index (χ3v) is 1.94. The lowest BCUT2D eigenvalue weighted by Crippen LogP contribution is -2.22. The minimum absolute atomic E-state index is 0.168. The highest BCUT2D eigenvalue weighted by molar-refractivity contribution is 5.09. The first-order valence-electron chi connectivity index (χ1n) is 5.89. The third kappa shape index (κ3) is 4.82. The molecule has 0 atom stereocenters. The number of aryl methyl sites for hydroxylation is 2. The molecular formula is C13H23NO. The molecule has 0 aliphatic heterocycles. The van der Waals surface area contributed by atoms with E-state index in [-0.39, 0.29) is 5.56 Å². The smallest absolute Gasteiger partial charge is 0.253 e. The molecule has 0 aromatic carbocycles. The molecule has 0 saturated carbocycles. The average Bonchev–Trinajstić information content (AvgIpc) is 2.23. The summed E-state index contributed by atoms with van der Waals surface area (Å²) in [5, 5.41) is 0. The topological polar surface area (TPSA) is 22.0 Å². The fourth-order valence-electron chi connectivity index (χ4n) is 1.27. The Morgan fingerprint density at radius 1 is 1.20 bits per heavy atom. The van der Waals surface area contributed by atoms with Crippen LogP contribution < -0.4 is 5.56 Å². The number of aromatic nitrogens is 1. The second-order valence-electron chi connectivity index (χ2n) is 3.59. The van der Waals surface area contributed by atoms with Crippen LogP contribution in [-0.2, 0) is 13.0 Å². The lowest BCUT2D eigenvalue weighted by molar-refractivity contribution is 0.647. The van der Waals surface area contributed by atoms with Crippen LogP contribution >= 0.6 is 0 Å². The van der Waals surface area contributed by atoms with Gasteiger partial charge in [0.05, 0.1) is 0 Å². The summed E-state index contributed by atoms with van der Waals surface area (Å²) in [7, 11) is 0. The fraction of sp³-hybridized carbons (Fsp3) is 0.615. The van der Waals surface area contributed by atoms with Gasteiger partial charge in [-0.25, -0.2) is 0 Å². The fourth-order valence-corrected chi connectivity index (χ4v) is 1.27. The summed E-state index contributed by atoms with van der Waals surface area (Å²) in [6, 6.07) is 3.84. The van der Waals surface area contributed by atoms with E-state index in [1.54, 1.807) is 4.57 Å². The van der Waals surface area contributed by atoms with Crippen molar-refractivity contribution in [1.29, 1.82) is 0 Å². The molecule has 1 heterocycles. The molecule has 0 spiro atoms. The van der Waals surface area contributed by atoms with Gasteiger partial charge in [0.25, 0.3) is 5.56 Å². The van der Waals surface area contributed by atoms with E-state index in [0.29, 0.717) is 0 Å². The van der Waals surface area contributed by atoms with Crippen LogP contribution in [0.15, 0.2) is 23.1 Å². The molecule has 2 heteroatoms. The Morgan fingerprint density at radius 2 is 1.80 bits per heavy atom. The number of rotatable bonds is 3. The quantitative estimate of drug-likeness (QED) is 0.749. The highest BCUT2D eigenvalue weighted by Crippen LogP contribution is 1.93. The SMILES string of the molecule is CCC.CCCn1cccc(CC)c1=O. The molecule has 0 N–H and O–H groups in total. The molecule has 1 aromatic rings. The van der Waals surface area contributed by atoms with Gasteiger partial charge in [-0.1, -0.05) is 40.2 Å². The van der Waals surface area contributed by atoms with Crippen molar-refractivity contribution in [2.75, 3.05) is 0 Å². The first kappa shape index (κ1) is 13.9. The van der Waals surface area contributed by atoms with Crippen LogP contribution in [0.5, 0.6) is 0 Å². The summed E-state index contributed by atoms with van der Waals surface area (Å²) in [4.78, 5) is 11.6. The maximum atomic E-state index is 11.6. The largest absolute Gasteiger partial charge is 0.315 e. The van der Waals surface area contributed by atoms with Crippen molar-refractivity contribution >= 4 is 0 Å². The van der Waals surface area contributed by atoms with Crippen LogP contribution in [0.2, 0.25) is 0 Å². The molecule has 0 aliphatic rings. The molecule has 1 aromatic heterocycles. The summed E-state index contributed by atoms with van der Waals surface area (Å²) >= 11 is 0. The monoisotopic (exact) mass is 209 g/mol. The Hall–Kier alpha value is -1.05. The second-order valence-corrected chi connectivity index (χ2v) is 3.59. The van der Waals surface area contributed by atoms with Crippen molar-refractivity contribution in [2.24, 2.45) is 0 Å². The molecule has 1 rings (SSSR count). The van der Waals surface area contributed by atoms with Crippen molar-refractivity contribution in [3.63, 3.8) is 0 Å². The van der Waals surface area contributed by atoms with Crippen LogP contribution in [0.1, 0.15) is 46.1 Å². The van der Waals surface area contributed by atoms with Crippen molar-refractivity contribution < 1.29 is 0 Å². The van der Waals surface area contributed by atoms with E-state index in [0.717, 1.165) is 24.9 Å². The van der Waals surface area contributed by atoms with Crippen LogP contribution in [0.4, 0.5) is 0 Å². The van der Waals surface area contributed by atoms with Gasteiger partial charge < -0.3 is 4.57 Å². The van der Waals surface area contributed by atoms with Crippen LogP contribution in [0.25, 0.3) is 0 Å². The summed E-state index contributed by atoms with van der Waals surface area (Å²) in [6.45, 7) is 9.16. The van der Waals surface area contributed by atoms with Crippen molar-refractivity contribution in [3.8, 4) is 0 Å². The molecule has 15 heavy (non-hydrogen) atoms. The van der Waals surface area contributed by atoms with Gasteiger partial charge in [-0.2, -0.15) is 0 Å². The Kier molecular flexibility index (Phi) is 7.69. The van der Waals surface area contributed by atoms with Gasteiger partial charge in [-0.3, -0.25) is 4.79 Å². The van der Waals surface area contributed by atoms with Gasteiger partial charge in [0, 0.05) is 18.3 Å². The van der Waals surface area contributed by atoms with Crippen molar-refractivity contribution in [1.82, 2.24) is 4.57 Å². The van der Waals surface area contributed by atoms with Gasteiger partial charge in [0.1, 0.15) is 0 Å². The standard InChI is InChI=1S/C10H15NO.C3H8/c1-3-7-11-8-5-6-9(4-2)10(11)12;1-3-2/h5-6,8H,3-4,7H2,1-2H3;3H2,1-2H3. The summed E-state index contributed by atoms with van der Waals surface area (Å²) in [6.07, 6.45) is 4.93. The zero-order chi connectivity index (χ0) is 11.7. The van der Waals surface area contributed by atoms with E-state index >= 15 is 0 Å². The Balaban J connectivity index is 0.000000583. The maximum absolute atomic E-state index is 11.6. The van der Waals surface area contributed by atoms with Crippen LogP contribution in [0.3, 0.4) is 0 Å². The number of pyridine rings is 1. The Labute approximate surface area is 92.9 Å². The molecular weight excluding hydrogens is 186 g/mol. The maximum Gasteiger partial charge on any atom is 0.253 e. The van der Waals surface area contributed by atoms with Crippen LogP contribution in [-0.4, -0.2) is 4.57 Å². The first-order chi connectivity index (χ1) is 7.21. The zero-order valence-corrected chi connectivity index (χ0v) is 10.4. The molecule has 0 bridgehead atoms. The van der Waals surface area contributed by atoms with Crippen molar-refractivity contribution in [3.05, 3.63) is 34.2 Å². The van der Waals surface area contributed by atoms with E-state index in [9.17, 15) is 4.79 Å². The van der Waals surface area contributed by atoms with Gasteiger partial charge >= 0.3 is 0 Å². The summed E-state index contributed by atoms with van der Waals surface area (Å²) in [5.74, 6) is 0. The second kappa shape index (κ2) is 8.27. The predicted octanol–water partition coefficient (Wildman–Crippen LogP) is 3.24. The van der Waals surface area contributed by atoms with Gasteiger partial charge in [0.15, 0.2) is 0 Å². The lowest BCUT2D eigenvalue weighted by atomic mass is 10.2. The van der Waals surface area contributed by atoms with Crippen molar-refractivity contribution in [2.45, 2.75) is 53.5 Å². The summed E-state index contributed by atoms with van der Waals surface area (Å²) in [5.41, 5.74) is 1.08. The van der Waals surface area contributed by atoms with E-state index < -0.39 is 0 Å². The molecule has 86 valence electrons. The minimum atomic E-state index is 0.168. The Morgan fingerprint density at radius 3 is 2.27 bits per heavy atom. The lowest BCUT2D eigenvalue weighted by Gasteiger charge is -2.04. The normalized spacial score (nSPS) is 9.33. The highest BCUT2D eigenvalue weighted by Gasteiger charge is 1.98. The molecule has 0 amide bonds. The van der Waals surface area contributed by atoms with E-state index in [2.05, 4.69) is 20.8 Å².